The molecule has 1 saturated heterocycles. The summed E-state index contributed by atoms with van der Waals surface area (Å²) in [5.74, 6) is -1.40. The zero-order valence-electron chi connectivity index (χ0n) is 8.00. The van der Waals surface area contributed by atoms with Gasteiger partial charge in [0.05, 0.1) is 24.8 Å². The molecule has 0 unspecified atom stereocenters. The van der Waals surface area contributed by atoms with Crippen molar-refractivity contribution in [1.29, 1.82) is 0 Å². The van der Waals surface area contributed by atoms with Crippen LogP contribution in [-0.2, 0) is 15.3 Å². The fourth-order valence-corrected chi connectivity index (χ4v) is 1.95. The lowest BCUT2D eigenvalue weighted by Crippen LogP contribution is -2.36. The number of rotatable bonds is 2. The van der Waals surface area contributed by atoms with Crippen LogP contribution in [0.2, 0.25) is 5.02 Å². The quantitative estimate of drug-likeness (QED) is 0.842. The molecule has 0 bridgehead atoms. The van der Waals surface area contributed by atoms with Gasteiger partial charge in [0.1, 0.15) is 5.82 Å². The Morgan fingerprint density at radius 2 is 2.07 bits per heavy atom. The van der Waals surface area contributed by atoms with Crippen LogP contribution in [-0.4, -0.2) is 19.8 Å². The highest BCUT2D eigenvalue weighted by molar-refractivity contribution is 6.31. The molecule has 5 heteroatoms. The van der Waals surface area contributed by atoms with E-state index >= 15 is 0 Å². The Kier molecular flexibility index (Phi) is 2.93. The molecule has 0 amide bonds. The molecule has 0 spiro atoms. The zero-order chi connectivity index (χ0) is 10.9. The van der Waals surface area contributed by atoms with Crippen LogP contribution in [0.25, 0.3) is 0 Å². The Labute approximate surface area is 91.9 Å². The summed E-state index contributed by atoms with van der Waals surface area (Å²) < 4.78 is 23.8. The van der Waals surface area contributed by atoms with Crippen LogP contribution in [0.1, 0.15) is 5.56 Å². The third kappa shape index (κ3) is 1.86. The molecule has 3 nitrogen and oxygen atoms in total. The summed E-state index contributed by atoms with van der Waals surface area (Å²) in [7, 11) is 0. The minimum atomic E-state index is -1.01. The molecule has 1 heterocycles. The Morgan fingerprint density at radius 1 is 1.40 bits per heavy atom. The molecule has 1 aliphatic rings. The third-order valence-electron chi connectivity index (χ3n) is 2.36. The molecular weight excluding hydrogens is 221 g/mol. The lowest BCUT2D eigenvalue weighted by Gasteiger charge is -2.26. The van der Waals surface area contributed by atoms with Crippen LogP contribution in [0.3, 0.4) is 0 Å². The summed E-state index contributed by atoms with van der Waals surface area (Å²) in [6.07, 6.45) is 0. The molecule has 0 saturated carbocycles. The molecule has 0 atom stereocenters. The van der Waals surface area contributed by atoms with E-state index in [-0.39, 0.29) is 11.6 Å². The molecule has 1 aromatic rings. The molecule has 82 valence electrons. The molecule has 2 rings (SSSR count). The lowest BCUT2D eigenvalue weighted by molar-refractivity contribution is -0.156. The predicted octanol–water partition coefficient (Wildman–Crippen LogP) is 1.64. The molecule has 1 aliphatic heterocycles. The highest BCUT2D eigenvalue weighted by Gasteiger charge is 2.38. The number of halogens is 2. The fraction of sp³-hybridized carbons (Fsp3) is 0.400. The van der Waals surface area contributed by atoms with Crippen LogP contribution in [0.5, 0.6) is 0 Å². The maximum Gasteiger partial charge on any atom is 0.209 e. The second kappa shape index (κ2) is 4.06. The minimum absolute atomic E-state index is 0.151. The van der Waals surface area contributed by atoms with Gasteiger partial charge in [0.25, 0.3) is 0 Å². The van der Waals surface area contributed by atoms with E-state index in [2.05, 4.69) is 0 Å². The van der Waals surface area contributed by atoms with Crippen LogP contribution in [0, 0.1) is 5.82 Å². The van der Waals surface area contributed by atoms with Crippen molar-refractivity contribution in [2.75, 3.05) is 19.8 Å². The number of benzene rings is 1. The first-order valence-corrected chi connectivity index (χ1v) is 4.99. The summed E-state index contributed by atoms with van der Waals surface area (Å²) in [6.45, 7) is 1.08. The number of hydrogen-bond acceptors (Lipinski definition) is 3. The number of hydrogen-bond donors (Lipinski definition) is 1. The average molecular weight is 232 g/mol. The monoisotopic (exact) mass is 231 g/mol. The van der Waals surface area contributed by atoms with E-state index in [1.54, 1.807) is 0 Å². The second-order valence-electron chi connectivity index (χ2n) is 3.28. The molecule has 1 fully saturated rings. The Morgan fingerprint density at radius 3 is 2.60 bits per heavy atom. The Balaban J connectivity index is 2.42. The Bertz CT molecular complexity index is 366. The normalized spacial score (nSPS) is 19.4. The maximum absolute atomic E-state index is 12.9. The van der Waals surface area contributed by atoms with Gasteiger partial charge in [-0.25, -0.2) is 4.39 Å². The van der Waals surface area contributed by atoms with Crippen LogP contribution in [0.15, 0.2) is 18.2 Å². The van der Waals surface area contributed by atoms with Crippen molar-refractivity contribution in [3.8, 4) is 0 Å². The zero-order valence-corrected chi connectivity index (χ0v) is 8.76. The summed E-state index contributed by atoms with van der Waals surface area (Å²) in [5.41, 5.74) is 6.18. The minimum Gasteiger partial charge on any atom is -0.342 e. The van der Waals surface area contributed by atoms with E-state index in [9.17, 15) is 4.39 Å². The van der Waals surface area contributed by atoms with Gasteiger partial charge in [0.15, 0.2) is 0 Å². The van der Waals surface area contributed by atoms with E-state index in [0.29, 0.717) is 18.8 Å². The van der Waals surface area contributed by atoms with Gasteiger partial charge < -0.3 is 15.2 Å². The highest BCUT2D eigenvalue weighted by Crippen LogP contribution is 2.35. The predicted molar refractivity (Wildman–Crippen MR) is 54.0 cm³/mol. The molecule has 0 radical (unpaired) electrons. The summed E-state index contributed by atoms with van der Waals surface area (Å²) >= 11 is 5.92. The average Bonchev–Trinajstić information content (AvgIpc) is 2.67. The number of ether oxygens (including phenoxy) is 2. The van der Waals surface area contributed by atoms with Gasteiger partial charge in [0, 0.05) is 5.56 Å². The van der Waals surface area contributed by atoms with Gasteiger partial charge in [-0.1, -0.05) is 11.6 Å². The summed E-state index contributed by atoms with van der Waals surface area (Å²) in [6, 6.07) is 4.07. The first kappa shape index (κ1) is 10.8. The van der Waals surface area contributed by atoms with Crippen LogP contribution < -0.4 is 5.73 Å². The standard InChI is InChI=1S/C10H11ClFNO2/c11-9-5-7(12)1-2-8(9)10(6-13)14-3-4-15-10/h1-2,5H,3-4,6,13H2. The van der Waals surface area contributed by atoms with Gasteiger partial charge in [0.2, 0.25) is 5.79 Å². The summed E-state index contributed by atoms with van der Waals surface area (Å²) in [5, 5.41) is 0.266. The lowest BCUT2D eigenvalue weighted by atomic mass is 10.1. The Hall–Kier alpha value is -0.680. The topological polar surface area (TPSA) is 44.5 Å². The van der Waals surface area contributed by atoms with Gasteiger partial charge >= 0.3 is 0 Å². The van der Waals surface area contributed by atoms with Gasteiger partial charge in [-0.3, -0.25) is 0 Å². The van der Waals surface area contributed by atoms with E-state index in [0.717, 1.165) is 0 Å². The third-order valence-corrected chi connectivity index (χ3v) is 2.68. The molecule has 0 aliphatic carbocycles. The summed E-state index contributed by atoms with van der Waals surface area (Å²) in [4.78, 5) is 0. The molecule has 1 aromatic carbocycles. The first-order valence-electron chi connectivity index (χ1n) is 4.61. The van der Waals surface area contributed by atoms with Crippen LogP contribution in [0.4, 0.5) is 4.39 Å². The van der Waals surface area contributed by atoms with Crippen molar-refractivity contribution < 1.29 is 13.9 Å². The van der Waals surface area contributed by atoms with Crippen molar-refractivity contribution >= 4 is 11.6 Å². The highest BCUT2D eigenvalue weighted by atomic mass is 35.5. The SMILES string of the molecule is NCC1(c2ccc(F)cc2Cl)OCCO1. The van der Waals surface area contributed by atoms with E-state index < -0.39 is 11.6 Å². The molecule has 2 N–H and O–H groups in total. The molecule has 0 aromatic heterocycles. The van der Waals surface area contributed by atoms with E-state index in [1.807, 2.05) is 0 Å². The van der Waals surface area contributed by atoms with Crippen molar-refractivity contribution in [1.82, 2.24) is 0 Å². The molecular formula is C10H11ClFNO2. The largest absolute Gasteiger partial charge is 0.342 e. The van der Waals surface area contributed by atoms with Crippen molar-refractivity contribution in [3.63, 3.8) is 0 Å². The van der Waals surface area contributed by atoms with Gasteiger partial charge in [-0.2, -0.15) is 0 Å². The van der Waals surface area contributed by atoms with Crippen molar-refractivity contribution in [2.45, 2.75) is 5.79 Å². The van der Waals surface area contributed by atoms with Gasteiger partial charge in [-0.05, 0) is 18.2 Å². The van der Waals surface area contributed by atoms with E-state index in [4.69, 9.17) is 26.8 Å². The molecule has 15 heavy (non-hydrogen) atoms. The first-order chi connectivity index (χ1) is 7.18. The second-order valence-corrected chi connectivity index (χ2v) is 3.69. The maximum atomic E-state index is 12.9. The van der Waals surface area contributed by atoms with Crippen LogP contribution >= 0.6 is 11.6 Å². The van der Waals surface area contributed by atoms with Gasteiger partial charge in [-0.15, -0.1) is 0 Å². The van der Waals surface area contributed by atoms with E-state index in [1.165, 1.54) is 18.2 Å². The smallest absolute Gasteiger partial charge is 0.209 e. The van der Waals surface area contributed by atoms with Crippen molar-refractivity contribution in [3.05, 3.63) is 34.6 Å². The van der Waals surface area contributed by atoms with Crippen molar-refractivity contribution in [2.24, 2.45) is 5.73 Å². The number of nitrogens with two attached hydrogens (primary N) is 1. The fourth-order valence-electron chi connectivity index (χ4n) is 1.64.